The van der Waals surface area contributed by atoms with Crippen LogP contribution in [0.3, 0.4) is 0 Å². The maximum Gasteiger partial charge on any atom is 0.569 e. The van der Waals surface area contributed by atoms with E-state index in [0.29, 0.717) is 13.2 Å². The van der Waals surface area contributed by atoms with Crippen LogP contribution < -0.4 is 4.65 Å². The van der Waals surface area contributed by atoms with Gasteiger partial charge in [0.05, 0.1) is 0 Å². The Bertz CT molecular complexity index is 1690. The molecule has 1 radical (unpaired) electrons. The molecule has 0 heterocycles. The van der Waals surface area contributed by atoms with Crippen molar-refractivity contribution in [2.75, 3.05) is 0 Å². The fraction of sp³-hybridized carbons (Fsp3) is 0. The molecule has 0 saturated heterocycles. The Kier molecular flexibility index (Phi) is 4.94. The van der Waals surface area contributed by atoms with Gasteiger partial charge in [-0.2, -0.15) is 0 Å². The topological polar surface area (TPSA) is 49.7 Å². The van der Waals surface area contributed by atoms with Crippen LogP contribution in [-0.4, -0.2) is 17.8 Å². The third-order valence-electron chi connectivity index (χ3n) is 6.39. The molecular weight excluding hydrogens is 419 g/mol. The highest BCUT2D eigenvalue weighted by molar-refractivity contribution is 6.20. The predicted octanol–water partition coefficient (Wildman–Crippen LogP) is 7.09. The normalized spacial score (nSPS) is 11.2. The molecule has 0 bridgehead atoms. The summed E-state index contributed by atoms with van der Waals surface area (Å²) in [5.74, 6) is 0.210. The number of phenols is 1. The molecule has 0 saturated carbocycles. The maximum atomic E-state index is 11.5. The minimum atomic E-state index is -0.0116. The standard InChI is InChI=1S/C30H20BO3/c32-29-27(23-15-13-19-7-1-3-9-21(19)17-23)25-11-5-6-12-26(25)28(30(29)34-31-33)24-16-14-20-8-2-4-10-22(20)18-24/h1-18,32-33H. The van der Waals surface area contributed by atoms with Crippen molar-refractivity contribution in [1.82, 2.24) is 0 Å². The summed E-state index contributed by atoms with van der Waals surface area (Å²) >= 11 is 0. The second kappa shape index (κ2) is 8.25. The monoisotopic (exact) mass is 439 g/mol. The van der Waals surface area contributed by atoms with E-state index in [9.17, 15) is 10.1 Å². The van der Waals surface area contributed by atoms with E-state index < -0.39 is 0 Å². The molecule has 2 N–H and O–H groups in total. The molecule has 4 heteroatoms. The summed E-state index contributed by atoms with van der Waals surface area (Å²) in [4.78, 5) is 0. The van der Waals surface area contributed by atoms with Crippen molar-refractivity contribution < 1.29 is 14.8 Å². The first-order valence-corrected chi connectivity index (χ1v) is 11.1. The van der Waals surface area contributed by atoms with E-state index in [1.165, 1.54) is 0 Å². The Morgan fingerprint density at radius 3 is 1.56 bits per heavy atom. The van der Waals surface area contributed by atoms with Crippen LogP contribution in [0.4, 0.5) is 0 Å². The Balaban J connectivity index is 1.69. The van der Waals surface area contributed by atoms with Crippen LogP contribution in [0.1, 0.15) is 0 Å². The number of benzene rings is 6. The second-order valence-electron chi connectivity index (χ2n) is 8.32. The molecule has 0 aliphatic rings. The molecule has 6 aromatic rings. The van der Waals surface area contributed by atoms with Gasteiger partial charge in [-0.05, 0) is 55.6 Å². The minimum Gasteiger partial charge on any atom is -0.534 e. The highest BCUT2D eigenvalue weighted by Crippen LogP contribution is 2.50. The van der Waals surface area contributed by atoms with E-state index in [1.54, 1.807) is 0 Å². The van der Waals surface area contributed by atoms with Crippen LogP contribution in [-0.2, 0) is 0 Å². The highest BCUT2D eigenvalue weighted by Gasteiger charge is 2.23. The Hall–Kier alpha value is -4.28. The van der Waals surface area contributed by atoms with Crippen molar-refractivity contribution in [3.63, 3.8) is 0 Å². The maximum absolute atomic E-state index is 11.5. The van der Waals surface area contributed by atoms with Crippen LogP contribution in [0.15, 0.2) is 109 Å². The number of fused-ring (bicyclic) bond motifs is 3. The zero-order valence-electron chi connectivity index (χ0n) is 18.3. The van der Waals surface area contributed by atoms with Crippen LogP contribution >= 0.6 is 0 Å². The molecular formula is C30H20BO3. The average Bonchev–Trinajstić information content (AvgIpc) is 2.89. The minimum absolute atomic E-state index is 0.0116. The van der Waals surface area contributed by atoms with Crippen molar-refractivity contribution in [1.29, 1.82) is 0 Å². The van der Waals surface area contributed by atoms with Crippen molar-refractivity contribution in [2.45, 2.75) is 0 Å². The van der Waals surface area contributed by atoms with Gasteiger partial charge in [0.25, 0.3) is 0 Å². The van der Waals surface area contributed by atoms with Gasteiger partial charge in [0, 0.05) is 11.1 Å². The largest absolute Gasteiger partial charge is 0.569 e. The lowest BCUT2D eigenvalue weighted by molar-refractivity contribution is 0.413. The van der Waals surface area contributed by atoms with E-state index in [-0.39, 0.29) is 11.5 Å². The third kappa shape index (κ3) is 3.28. The quantitative estimate of drug-likeness (QED) is 0.288. The summed E-state index contributed by atoms with van der Waals surface area (Å²) in [6.07, 6.45) is 0. The molecule has 0 aliphatic carbocycles. The highest BCUT2D eigenvalue weighted by atomic mass is 16.5. The number of aromatic hydroxyl groups is 1. The zero-order valence-corrected chi connectivity index (χ0v) is 18.3. The fourth-order valence-electron chi connectivity index (χ4n) is 4.84. The summed E-state index contributed by atoms with van der Waals surface area (Å²) in [7, 11) is 0.624. The van der Waals surface area contributed by atoms with Crippen molar-refractivity contribution in [2.24, 2.45) is 0 Å². The summed E-state index contributed by atoms with van der Waals surface area (Å²) in [5, 5.41) is 27.4. The molecule has 3 nitrogen and oxygen atoms in total. The van der Waals surface area contributed by atoms with Crippen LogP contribution in [0.5, 0.6) is 11.5 Å². The average molecular weight is 439 g/mol. The van der Waals surface area contributed by atoms with Crippen LogP contribution in [0, 0.1) is 0 Å². The number of rotatable bonds is 4. The van der Waals surface area contributed by atoms with E-state index in [0.717, 1.165) is 49.0 Å². The van der Waals surface area contributed by atoms with Gasteiger partial charge in [-0.1, -0.05) is 97.1 Å². The molecule has 0 atom stereocenters. The van der Waals surface area contributed by atoms with E-state index in [1.807, 2.05) is 60.7 Å². The Morgan fingerprint density at radius 2 is 1.00 bits per heavy atom. The number of hydrogen-bond donors (Lipinski definition) is 2. The molecule has 0 amide bonds. The third-order valence-corrected chi connectivity index (χ3v) is 6.39. The predicted molar refractivity (Wildman–Crippen MR) is 140 cm³/mol. The first kappa shape index (κ1) is 20.3. The van der Waals surface area contributed by atoms with Gasteiger partial charge in [0.1, 0.15) is 0 Å². The molecule has 0 aliphatic heterocycles. The van der Waals surface area contributed by atoms with Gasteiger partial charge in [-0.3, -0.25) is 0 Å². The summed E-state index contributed by atoms with van der Waals surface area (Å²) in [5.41, 5.74) is 3.17. The number of hydrogen-bond acceptors (Lipinski definition) is 3. The lowest BCUT2D eigenvalue weighted by Gasteiger charge is -2.20. The summed E-state index contributed by atoms with van der Waals surface area (Å²) in [6, 6.07) is 36.5. The zero-order chi connectivity index (χ0) is 23.1. The lowest BCUT2D eigenvalue weighted by atomic mass is 9.88. The molecule has 34 heavy (non-hydrogen) atoms. The molecule has 0 aromatic heterocycles. The van der Waals surface area contributed by atoms with E-state index in [4.69, 9.17) is 4.65 Å². The fourth-order valence-corrected chi connectivity index (χ4v) is 4.84. The van der Waals surface area contributed by atoms with Crippen molar-refractivity contribution in [3.8, 4) is 33.8 Å². The molecule has 6 rings (SSSR count). The molecule has 0 unspecified atom stereocenters. The van der Waals surface area contributed by atoms with Gasteiger partial charge in [-0.15, -0.1) is 0 Å². The van der Waals surface area contributed by atoms with Gasteiger partial charge in [0.2, 0.25) is 0 Å². The summed E-state index contributed by atoms with van der Waals surface area (Å²) in [6.45, 7) is 0. The van der Waals surface area contributed by atoms with Crippen molar-refractivity contribution >= 4 is 40.0 Å². The number of phenolic OH excluding ortho intramolecular Hbond substituents is 1. The SMILES string of the molecule is O[B]Oc1c(O)c(-c2ccc3ccccc3c2)c2ccccc2c1-c1ccc2ccccc2c1. The first-order chi connectivity index (χ1) is 16.7. The molecule has 161 valence electrons. The van der Waals surface area contributed by atoms with Gasteiger partial charge in [-0.25, -0.2) is 0 Å². The van der Waals surface area contributed by atoms with Crippen molar-refractivity contribution in [3.05, 3.63) is 109 Å². The Labute approximate surface area is 197 Å². The van der Waals surface area contributed by atoms with E-state index in [2.05, 4.69) is 48.5 Å². The first-order valence-electron chi connectivity index (χ1n) is 11.1. The van der Waals surface area contributed by atoms with E-state index >= 15 is 0 Å². The smallest absolute Gasteiger partial charge is 0.534 e. The Morgan fingerprint density at radius 1 is 0.529 bits per heavy atom. The second-order valence-corrected chi connectivity index (χ2v) is 8.32. The molecule has 6 aromatic carbocycles. The van der Waals surface area contributed by atoms with Gasteiger partial charge in [0.15, 0.2) is 11.5 Å². The molecule has 0 fully saturated rings. The molecule has 0 spiro atoms. The summed E-state index contributed by atoms with van der Waals surface area (Å²) < 4.78 is 5.57. The van der Waals surface area contributed by atoms with Crippen LogP contribution in [0.2, 0.25) is 0 Å². The van der Waals surface area contributed by atoms with Gasteiger partial charge < -0.3 is 14.8 Å². The van der Waals surface area contributed by atoms with Gasteiger partial charge >= 0.3 is 7.69 Å². The lowest BCUT2D eigenvalue weighted by Crippen LogP contribution is -2.03. The van der Waals surface area contributed by atoms with Crippen LogP contribution in [0.25, 0.3) is 54.6 Å².